The predicted octanol–water partition coefficient (Wildman–Crippen LogP) is 4.64. The van der Waals surface area contributed by atoms with Crippen LogP contribution in [-0.4, -0.2) is 27.0 Å². The maximum atomic E-state index is 11.5. The molecule has 1 aromatic heterocycles. The van der Waals surface area contributed by atoms with Crippen molar-refractivity contribution in [2.45, 2.75) is 12.5 Å². The van der Waals surface area contributed by atoms with Crippen LogP contribution in [0.4, 0.5) is 10.8 Å². The Balaban J connectivity index is 1.85. The average molecular weight is 391 g/mol. The van der Waals surface area contributed by atoms with Crippen LogP contribution in [0.3, 0.4) is 0 Å². The first kappa shape index (κ1) is 17.9. The van der Waals surface area contributed by atoms with E-state index in [4.69, 9.17) is 11.6 Å². The Kier molecular flexibility index (Phi) is 5.19. The third kappa shape index (κ3) is 4.01. The summed E-state index contributed by atoms with van der Waals surface area (Å²) >= 11 is 7.15. The molecule has 1 N–H and O–H groups in total. The van der Waals surface area contributed by atoms with Crippen LogP contribution in [0.5, 0.6) is 0 Å². The lowest BCUT2D eigenvalue weighted by molar-refractivity contribution is -0.385. The number of carboxylic acids is 1. The summed E-state index contributed by atoms with van der Waals surface area (Å²) in [6.07, 6.45) is -0.146. The SMILES string of the molecule is O=C(O)C(Cc1ccccc1[N+](=O)[O-])N=Nc1nc2cc(Cl)ccc2s1. The summed E-state index contributed by atoms with van der Waals surface area (Å²) in [4.78, 5) is 26.2. The summed E-state index contributed by atoms with van der Waals surface area (Å²) in [7, 11) is 0. The molecule has 3 rings (SSSR count). The van der Waals surface area contributed by atoms with Crippen molar-refractivity contribution in [3.63, 3.8) is 0 Å². The van der Waals surface area contributed by atoms with Crippen LogP contribution in [0, 0.1) is 10.1 Å². The maximum absolute atomic E-state index is 11.5. The molecule has 0 aliphatic rings. The zero-order chi connectivity index (χ0) is 18.7. The highest BCUT2D eigenvalue weighted by molar-refractivity contribution is 7.21. The fraction of sp³-hybridized carbons (Fsp3) is 0.125. The lowest BCUT2D eigenvalue weighted by atomic mass is 10.0. The first-order chi connectivity index (χ1) is 12.4. The third-order valence-electron chi connectivity index (χ3n) is 3.51. The van der Waals surface area contributed by atoms with Crippen molar-refractivity contribution < 1.29 is 14.8 Å². The monoisotopic (exact) mass is 390 g/mol. The van der Waals surface area contributed by atoms with Crippen molar-refractivity contribution in [1.82, 2.24) is 4.98 Å². The van der Waals surface area contributed by atoms with Crippen molar-refractivity contribution in [2.24, 2.45) is 10.2 Å². The molecule has 0 aliphatic carbocycles. The minimum Gasteiger partial charge on any atom is -0.480 e. The lowest BCUT2D eigenvalue weighted by Crippen LogP contribution is -2.20. The summed E-state index contributed by atoms with van der Waals surface area (Å²) in [5, 5.41) is 29.0. The summed E-state index contributed by atoms with van der Waals surface area (Å²) in [5.41, 5.74) is 0.769. The Bertz CT molecular complexity index is 1020. The standard InChI is InChI=1S/C16H11ClN4O4S/c17-10-5-6-14-11(8-10)18-16(26-14)20-19-12(15(22)23)7-9-3-1-2-4-13(9)21(24)25/h1-6,8,12H,7H2,(H,22,23). The molecule has 3 aromatic rings. The van der Waals surface area contributed by atoms with E-state index in [9.17, 15) is 20.0 Å². The second-order valence-electron chi connectivity index (χ2n) is 5.27. The Hall–Kier alpha value is -2.91. The molecule has 0 bridgehead atoms. The molecule has 10 heteroatoms. The molecule has 2 aromatic carbocycles. The van der Waals surface area contributed by atoms with Gasteiger partial charge in [0.2, 0.25) is 5.13 Å². The van der Waals surface area contributed by atoms with E-state index in [0.717, 1.165) is 4.70 Å². The van der Waals surface area contributed by atoms with Gasteiger partial charge in [-0.15, -0.1) is 5.11 Å². The number of aliphatic carboxylic acids is 1. The molecule has 1 unspecified atom stereocenters. The van der Waals surface area contributed by atoms with E-state index >= 15 is 0 Å². The first-order valence-corrected chi connectivity index (χ1v) is 8.55. The van der Waals surface area contributed by atoms with Crippen LogP contribution < -0.4 is 0 Å². The molecule has 0 amide bonds. The second kappa shape index (κ2) is 7.54. The van der Waals surface area contributed by atoms with E-state index < -0.39 is 16.9 Å². The molecule has 0 saturated carbocycles. The highest BCUT2D eigenvalue weighted by Gasteiger charge is 2.22. The number of nitro benzene ring substituents is 1. The minimum atomic E-state index is -1.26. The van der Waals surface area contributed by atoms with Crippen LogP contribution in [0.15, 0.2) is 52.7 Å². The van der Waals surface area contributed by atoms with Gasteiger partial charge in [0.05, 0.1) is 15.1 Å². The number of para-hydroxylation sites is 1. The van der Waals surface area contributed by atoms with E-state index in [1.807, 2.05) is 0 Å². The van der Waals surface area contributed by atoms with Gasteiger partial charge in [0.1, 0.15) is 0 Å². The van der Waals surface area contributed by atoms with Crippen LogP contribution in [0.1, 0.15) is 5.56 Å². The third-order valence-corrected chi connectivity index (χ3v) is 4.66. The second-order valence-corrected chi connectivity index (χ2v) is 6.71. The predicted molar refractivity (Wildman–Crippen MR) is 97.4 cm³/mol. The van der Waals surface area contributed by atoms with E-state index in [-0.39, 0.29) is 22.8 Å². The summed E-state index contributed by atoms with van der Waals surface area (Å²) in [6, 6.07) is 9.88. The minimum absolute atomic E-state index is 0.146. The highest BCUT2D eigenvalue weighted by Crippen LogP contribution is 2.30. The molecule has 1 atom stereocenters. The van der Waals surface area contributed by atoms with Gasteiger partial charge in [0.25, 0.3) is 5.69 Å². The van der Waals surface area contributed by atoms with Crippen LogP contribution in [0.2, 0.25) is 5.02 Å². The first-order valence-electron chi connectivity index (χ1n) is 7.36. The number of benzene rings is 2. The molecule has 132 valence electrons. The number of nitrogens with zero attached hydrogens (tertiary/aromatic N) is 4. The number of carbonyl (C=O) groups is 1. The summed E-state index contributed by atoms with van der Waals surface area (Å²) < 4.78 is 0.842. The van der Waals surface area contributed by atoms with Gasteiger partial charge in [-0.1, -0.05) is 41.1 Å². The fourth-order valence-electron chi connectivity index (χ4n) is 2.30. The van der Waals surface area contributed by atoms with Crippen LogP contribution >= 0.6 is 22.9 Å². The van der Waals surface area contributed by atoms with Crippen LogP contribution in [0.25, 0.3) is 10.2 Å². The van der Waals surface area contributed by atoms with Crippen molar-refractivity contribution in [2.75, 3.05) is 0 Å². The molecular formula is C16H11ClN4O4S. The topological polar surface area (TPSA) is 118 Å². The number of aromatic nitrogens is 1. The van der Waals surface area contributed by atoms with Gasteiger partial charge < -0.3 is 5.11 Å². The molecule has 8 nitrogen and oxygen atoms in total. The zero-order valence-corrected chi connectivity index (χ0v) is 14.6. The van der Waals surface area contributed by atoms with Crippen molar-refractivity contribution >= 4 is 49.9 Å². The number of hydrogen-bond acceptors (Lipinski definition) is 7. The number of rotatable bonds is 6. The Labute approximate surface area is 155 Å². The zero-order valence-electron chi connectivity index (χ0n) is 13.1. The molecule has 0 radical (unpaired) electrons. The number of azo groups is 1. The van der Waals surface area contributed by atoms with E-state index in [1.54, 1.807) is 24.3 Å². The number of nitro groups is 1. The Morgan fingerprint density at radius 2 is 2.12 bits per heavy atom. The average Bonchev–Trinajstić information content (AvgIpc) is 3.00. The van der Waals surface area contributed by atoms with Crippen LogP contribution in [-0.2, 0) is 11.2 Å². The molecule has 1 heterocycles. The molecule has 0 saturated heterocycles. The number of thiazole rings is 1. The van der Waals surface area contributed by atoms with Gasteiger partial charge >= 0.3 is 5.97 Å². The van der Waals surface area contributed by atoms with E-state index in [1.165, 1.54) is 29.5 Å². The molecule has 0 spiro atoms. The largest absolute Gasteiger partial charge is 0.480 e. The quantitative estimate of drug-likeness (QED) is 0.373. The number of fused-ring (bicyclic) bond motifs is 1. The van der Waals surface area contributed by atoms with Crippen molar-refractivity contribution in [1.29, 1.82) is 0 Å². The number of carboxylic acid groups (broad SMARTS) is 1. The van der Waals surface area contributed by atoms with Gasteiger partial charge in [0.15, 0.2) is 6.04 Å². The number of halogens is 1. The van der Waals surface area contributed by atoms with Gasteiger partial charge in [-0.25, -0.2) is 9.78 Å². The van der Waals surface area contributed by atoms with Gasteiger partial charge in [0, 0.05) is 23.1 Å². The molecular weight excluding hydrogens is 380 g/mol. The summed E-state index contributed by atoms with van der Waals surface area (Å²) in [6.45, 7) is 0. The summed E-state index contributed by atoms with van der Waals surface area (Å²) in [5.74, 6) is -1.23. The highest BCUT2D eigenvalue weighted by atomic mass is 35.5. The lowest BCUT2D eigenvalue weighted by Gasteiger charge is -2.06. The molecule has 0 fully saturated rings. The Morgan fingerprint density at radius 1 is 1.35 bits per heavy atom. The van der Waals surface area contributed by atoms with E-state index in [2.05, 4.69) is 15.2 Å². The van der Waals surface area contributed by atoms with E-state index in [0.29, 0.717) is 10.5 Å². The number of hydrogen-bond donors (Lipinski definition) is 1. The van der Waals surface area contributed by atoms with Gasteiger partial charge in [-0.05, 0) is 18.2 Å². The maximum Gasteiger partial charge on any atom is 0.330 e. The fourth-order valence-corrected chi connectivity index (χ4v) is 3.24. The Morgan fingerprint density at radius 3 is 2.85 bits per heavy atom. The van der Waals surface area contributed by atoms with Crippen molar-refractivity contribution in [3.8, 4) is 0 Å². The van der Waals surface area contributed by atoms with Gasteiger partial charge in [-0.2, -0.15) is 5.11 Å². The van der Waals surface area contributed by atoms with Crippen molar-refractivity contribution in [3.05, 3.63) is 63.2 Å². The molecule has 0 aliphatic heterocycles. The normalized spacial score (nSPS) is 12.5. The van der Waals surface area contributed by atoms with Gasteiger partial charge in [-0.3, -0.25) is 10.1 Å². The smallest absolute Gasteiger partial charge is 0.330 e. The molecule has 26 heavy (non-hydrogen) atoms.